The normalized spacial score (nSPS) is 10.8. The molecule has 1 heterocycles. The third-order valence-corrected chi connectivity index (χ3v) is 2.46. The number of benzene rings is 1. The van der Waals surface area contributed by atoms with Gasteiger partial charge in [0.25, 0.3) is 6.43 Å². The molecule has 0 aliphatic rings. The Morgan fingerprint density at radius 2 is 1.94 bits per heavy atom. The van der Waals surface area contributed by atoms with Crippen molar-refractivity contribution in [2.75, 3.05) is 5.73 Å². The Hall–Kier alpha value is -1.97. The van der Waals surface area contributed by atoms with E-state index in [1.165, 1.54) is 12.1 Å². The number of rotatable bonds is 3. The van der Waals surface area contributed by atoms with E-state index in [4.69, 9.17) is 5.73 Å². The molecule has 0 aliphatic carbocycles. The van der Waals surface area contributed by atoms with Crippen LogP contribution >= 0.6 is 0 Å². The monoisotopic (exact) mass is 234 g/mol. The highest BCUT2D eigenvalue weighted by atomic mass is 19.3. The molecule has 1 aromatic carbocycles. The van der Waals surface area contributed by atoms with Crippen molar-refractivity contribution in [1.82, 2.24) is 4.98 Å². The van der Waals surface area contributed by atoms with Gasteiger partial charge >= 0.3 is 0 Å². The van der Waals surface area contributed by atoms with Crippen molar-refractivity contribution in [2.45, 2.75) is 12.8 Å². The van der Waals surface area contributed by atoms with Crippen LogP contribution in [-0.2, 0) is 6.42 Å². The van der Waals surface area contributed by atoms with Crippen LogP contribution in [0.25, 0.3) is 0 Å². The fraction of sp³-hybridized carbons (Fsp3) is 0.154. The molecule has 0 saturated carbocycles. The van der Waals surface area contributed by atoms with Crippen LogP contribution in [0.4, 0.5) is 14.6 Å². The summed E-state index contributed by atoms with van der Waals surface area (Å²) in [5.41, 5.74) is 7.31. The quantitative estimate of drug-likeness (QED) is 0.885. The molecule has 2 rings (SSSR count). The maximum atomic E-state index is 12.5. The van der Waals surface area contributed by atoms with E-state index < -0.39 is 6.43 Å². The van der Waals surface area contributed by atoms with Gasteiger partial charge in [-0.3, -0.25) is 0 Å². The van der Waals surface area contributed by atoms with Crippen molar-refractivity contribution < 1.29 is 8.78 Å². The van der Waals surface area contributed by atoms with Gasteiger partial charge in [-0.2, -0.15) is 0 Å². The number of nitrogens with zero attached hydrogens (tertiary/aromatic N) is 1. The van der Waals surface area contributed by atoms with E-state index in [1.54, 1.807) is 18.3 Å². The van der Waals surface area contributed by atoms with Gasteiger partial charge in [-0.1, -0.05) is 24.3 Å². The molecule has 88 valence electrons. The van der Waals surface area contributed by atoms with Gasteiger partial charge in [-0.25, -0.2) is 13.8 Å². The molecule has 0 atom stereocenters. The number of hydrogen-bond donors (Lipinski definition) is 1. The van der Waals surface area contributed by atoms with Crippen molar-refractivity contribution in [3.63, 3.8) is 0 Å². The van der Waals surface area contributed by atoms with Gasteiger partial charge in [0.05, 0.1) is 0 Å². The number of hydrogen-bond acceptors (Lipinski definition) is 2. The van der Waals surface area contributed by atoms with Crippen LogP contribution in [0.3, 0.4) is 0 Å². The molecule has 1 aromatic heterocycles. The van der Waals surface area contributed by atoms with Gasteiger partial charge in [-0.05, 0) is 29.7 Å². The number of pyridine rings is 1. The van der Waals surface area contributed by atoms with Crippen LogP contribution < -0.4 is 5.73 Å². The minimum Gasteiger partial charge on any atom is -0.384 e. The zero-order chi connectivity index (χ0) is 12.3. The Morgan fingerprint density at radius 1 is 1.12 bits per heavy atom. The second-order valence-electron chi connectivity index (χ2n) is 3.81. The average Bonchev–Trinajstić information content (AvgIpc) is 2.32. The first-order valence-corrected chi connectivity index (χ1v) is 5.22. The van der Waals surface area contributed by atoms with E-state index in [1.807, 2.05) is 12.1 Å². The van der Waals surface area contributed by atoms with Crippen molar-refractivity contribution >= 4 is 5.82 Å². The molecule has 0 aliphatic heterocycles. The minimum atomic E-state index is -2.43. The lowest BCUT2D eigenvalue weighted by molar-refractivity contribution is 0.151. The first-order valence-electron chi connectivity index (χ1n) is 5.22. The fourth-order valence-corrected chi connectivity index (χ4v) is 1.62. The summed E-state index contributed by atoms with van der Waals surface area (Å²) in [5, 5.41) is 0. The molecule has 0 radical (unpaired) electrons. The van der Waals surface area contributed by atoms with E-state index in [-0.39, 0.29) is 5.56 Å². The Labute approximate surface area is 98.1 Å². The summed E-state index contributed by atoms with van der Waals surface area (Å²) >= 11 is 0. The van der Waals surface area contributed by atoms with Gasteiger partial charge in [0.2, 0.25) is 0 Å². The summed E-state index contributed by atoms with van der Waals surface area (Å²) in [4.78, 5) is 3.96. The summed E-state index contributed by atoms with van der Waals surface area (Å²) in [6.45, 7) is 0. The maximum absolute atomic E-state index is 12.5. The highest BCUT2D eigenvalue weighted by molar-refractivity contribution is 5.33. The van der Waals surface area contributed by atoms with Gasteiger partial charge in [0, 0.05) is 11.8 Å². The van der Waals surface area contributed by atoms with Crippen molar-refractivity contribution in [2.24, 2.45) is 0 Å². The van der Waals surface area contributed by atoms with Crippen LogP contribution in [0.1, 0.15) is 23.1 Å². The number of halogens is 2. The summed E-state index contributed by atoms with van der Waals surface area (Å²) in [6, 6.07) is 9.95. The maximum Gasteiger partial charge on any atom is 0.263 e. The highest BCUT2D eigenvalue weighted by Crippen LogP contribution is 2.20. The van der Waals surface area contributed by atoms with Crippen LogP contribution in [0.2, 0.25) is 0 Å². The molecule has 2 nitrogen and oxygen atoms in total. The fourth-order valence-electron chi connectivity index (χ4n) is 1.62. The molecule has 0 spiro atoms. The molecule has 2 N–H and O–H groups in total. The Bertz CT molecular complexity index is 495. The molecule has 0 bridgehead atoms. The Balaban J connectivity index is 2.18. The lowest BCUT2D eigenvalue weighted by Gasteiger charge is -2.05. The van der Waals surface area contributed by atoms with E-state index in [2.05, 4.69) is 4.98 Å². The number of nitrogen functional groups attached to an aromatic ring is 1. The molecule has 4 heteroatoms. The molecule has 2 aromatic rings. The number of nitrogens with two attached hydrogens (primary N) is 1. The lowest BCUT2D eigenvalue weighted by atomic mass is 10.0. The molecular formula is C13H12F2N2. The van der Waals surface area contributed by atoms with Crippen LogP contribution in [0, 0.1) is 0 Å². The largest absolute Gasteiger partial charge is 0.384 e. The number of aromatic nitrogens is 1. The summed E-state index contributed by atoms with van der Waals surface area (Å²) in [7, 11) is 0. The first kappa shape index (κ1) is 11.5. The topological polar surface area (TPSA) is 38.9 Å². The average molecular weight is 234 g/mol. The van der Waals surface area contributed by atoms with E-state index in [0.29, 0.717) is 12.2 Å². The second-order valence-corrected chi connectivity index (χ2v) is 3.81. The minimum absolute atomic E-state index is 0.0471. The van der Waals surface area contributed by atoms with Gasteiger partial charge in [-0.15, -0.1) is 0 Å². The zero-order valence-corrected chi connectivity index (χ0v) is 9.11. The van der Waals surface area contributed by atoms with E-state index >= 15 is 0 Å². The molecule has 0 saturated heterocycles. The first-order chi connectivity index (χ1) is 8.15. The lowest BCUT2D eigenvalue weighted by Crippen LogP contribution is -1.94. The van der Waals surface area contributed by atoms with Gasteiger partial charge in [0.15, 0.2) is 0 Å². The summed E-state index contributed by atoms with van der Waals surface area (Å²) in [5.74, 6) is 0.454. The number of alkyl halides is 2. The SMILES string of the molecule is Nc1ccc(Cc2cccc(C(F)F)c2)cn1. The zero-order valence-electron chi connectivity index (χ0n) is 9.11. The summed E-state index contributed by atoms with van der Waals surface area (Å²) in [6.07, 6.45) is -0.197. The Kier molecular flexibility index (Phi) is 3.32. The molecule has 0 fully saturated rings. The van der Waals surface area contributed by atoms with Crippen molar-refractivity contribution in [3.05, 3.63) is 59.3 Å². The van der Waals surface area contributed by atoms with Crippen molar-refractivity contribution in [3.8, 4) is 0 Å². The molecule has 0 unspecified atom stereocenters. The highest BCUT2D eigenvalue weighted by Gasteiger charge is 2.07. The second kappa shape index (κ2) is 4.91. The van der Waals surface area contributed by atoms with Gasteiger partial charge in [0.1, 0.15) is 5.82 Å². The van der Waals surface area contributed by atoms with E-state index in [9.17, 15) is 8.78 Å². The predicted octanol–water partition coefficient (Wildman–Crippen LogP) is 3.19. The molecule has 0 amide bonds. The smallest absolute Gasteiger partial charge is 0.263 e. The third kappa shape index (κ3) is 3.00. The predicted molar refractivity (Wildman–Crippen MR) is 62.9 cm³/mol. The number of anilines is 1. The molecule has 17 heavy (non-hydrogen) atoms. The van der Waals surface area contributed by atoms with Crippen LogP contribution in [0.15, 0.2) is 42.6 Å². The summed E-state index contributed by atoms with van der Waals surface area (Å²) < 4.78 is 25.0. The standard InChI is InChI=1S/C13H12F2N2/c14-13(15)11-3-1-2-9(7-11)6-10-4-5-12(16)17-8-10/h1-5,7-8,13H,6H2,(H2,16,17). The third-order valence-electron chi connectivity index (χ3n) is 2.46. The van der Waals surface area contributed by atoms with Crippen molar-refractivity contribution in [1.29, 1.82) is 0 Å². The molecular weight excluding hydrogens is 222 g/mol. The van der Waals surface area contributed by atoms with Crippen LogP contribution in [-0.4, -0.2) is 4.98 Å². The van der Waals surface area contributed by atoms with E-state index in [0.717, 1.165) is 11.1 Å². The van der Waals surface area contributed by atoms with Gasteiger partial charge < -0.3 is 5.73 Å². The van der Waals surface area contributed by atoms with Crippen LogP contribution in [0.5, 0.6) is 0 Å². The Morgan fingerprint density at radius 3 is 2.59 bits per heavy atom.